The van der Waals surface area contributed by atoms with Gasteiger partial charge in [0.25, 0.3) is 0 Å². The Morgan fingerprint density at radius 1 is 1.00 bits per heavy atom. The van der Waals surface area contributed by atoms with Crippen molar-refractivity contribution in [3.63, 3.8) is 0 Å². The van der Waals surface area contributed by atoms with Crippen LogP contribution in [-0.2, 0) is 0 Å². The Bertz CT molecular complexity index is 705. The molecule has 0 aliphatic carbocycles. The van der Waals surface area contributed by atoms with Crippen LogP contribution in [0.3, 0.4) is 0 Å². The van der Waals surface area contributed by atoms with Crippen LogP contribution in [-0.4, -0.2) is 18.1 Å². The molecule has 0 saturated carbocycles. The number of aryl methyl sites for hydroxylation is 1. The average Bonchev–Trinajstić information content (AvgIpc) is 2.51. The molecule has 0 radical (unpaired) electrons. The first kappa shape index (κ1) is 18.8. The second-order valence-electron chi connectivity index (χ2n) is 7.99. The Hall–Kier alpha value is -1.57. The van der Waals surface area contributed by atoms with Crippen molar-refractivity contribution in [3.8, 4) is 0 Å². The molecule has 0 bridgehead atoms. The van der Waals surface area contributed by atoms with Gasteiger partial charge in [0.05, 0.1) is 11.4 Å². The third-order valence-corrected chi connectivity index (χ3v) is 5.69. The summed E-state index contributed by atoms with van der Waals surface area (Å²) >= 11 is 0. The zero-order valence-corrected chi connectivity index (χ0v) is 17.2. The second kappa shape index (κ2) is 6.74. The molecule has 0 N–H and O–H groups in total. The molecule has 1 aromatic heterocycles. The summed E-state index contributed by atoms with van der Waals surface area (Å²) in [5.41, 5.74) is 10.7. The summed E-state index contributed by atoms with van der Waals surface area (Å²) in [6.45, 7) is 20.3. The van der Waals surface area contributed by atoms with Gasteiger partial charge in [0.2, 0.25) is 0 Å². The van der Waals surface area contributed by atoms with Gasteiger partial charge in [-0.05, 0) is 68.7 Å². The van der Waals surface area contributed by atoms with Crippen LogP contribution in [0.15, 0.2) is 17.2 Å². The molecular formula is C22H34N2. The molecule has 0 spiro atoms. The van der Waals surface area contributed by atoms with E-state index in [1.807, 2.05) is 0 Å². The van der Waals surface area contributed by atoms with E-state index in [2.05, 4.69) is 80.3 Å². The van der Waals surface area contributed by atoms with Crippen LogP contribution in [0.4, 0.5) is 5.69 Å². The van der Waals surface area contributed by atoms with Crippen LogP contribution in [0.25, 0.3) is 5.57 Å². The molecule has 1 aliphatic heterocycles. The fraction of sp³-hybridized carbons (Fsp3) is 0.591. The largest absolute Gasteiger partial charge is 0.367 e. The summed E-state index contributed by atoms with van der Waals surface area (Å²) in [5.74, 6) is 0.878. The van der Waals surface area contributed by atoms with Crippen molar-refractivity contribution in [2.45, 2.75) is 74.3 Å². The number of fused-ring (bicyclic) bond motifs is 1. The number of nitrogens with zero attached hydrogens (tertiary/aromatic N) is 2. The van der Waals surface area contributed by atoms with E-state index in [0.29, 0.717) is 17.9 Å². The van der Waals surface area contributed by atoms with Gasteiger partial charge in [0, 0.05) is 24.3 Å². The fourth-order valence-corrected chi connectivity index (χ4v) is 3.63. The third-order valence-electron chi connectivity index (χ3n) is 5.69. The Kier molecular flexibility index (Phi) is 5.27. The van der Waals surface area contributed by atoms with E-state index in [-0.39, 0.29) is 0 Å². The molecule has 2 heteroatoms. The van der Waals surface area contributed by atoms with Crippen molar-refractivity contribution in [2.75, 3.05) is 11.9 Å². The Balaban J connectivity index is 3.00. The molecule has 0 amide bonds. The lowest BCUT2D eigenvalue weighted by molar-refractivity contribution is 0.743. The summed E-state index contributed by atoms with van der Waals surface area (Å²) in [6, 6.07) is 0.384. The van der Waals surface area contributed by atoms with Gasteiger partial charge in [0.15, 0.2) is 0 Å². The molecule has 2 heterocycles. The number of hydrogen-bond donors (Lipinski definition) is 0. The Morgan fingerprint density at radius 3 is 2.08 bits per heavy atom. The van der Waals surface area contributed by atoms with Gasteiger partial charge in [-0.1, -0.05) is 33.8 Å². The van der Waals surface area contributed by atoms with Crippen LogP contribution in [0.5, 0.6) is 0 Å². The Morgan fingerprint density at radius 2 is 1.58 bits per heavy atom. The van der Waals surface area contributed by atoms with E-state index in [0.717, 1.165) is 5.69 Å². The maximum atomic E-state index is 5.01. The smallest absolute Gasteiger partial charge is 0.0528 e. The minimum Gasteiger partial charge on any atom is -0.367 e. The van der Waals surface area contributed by atoms with E-state index in [1.165, 1.54) is 39.2 Å². The highest BCUT2D eigenvalue weighted by molar-refractivity contribution is 5.84. The molecular weight excluding hydrogens is 292 g/mol. The highest BCUT2D eigenvalue weighted by Gasteiger charge is 2.28. The monoisotopic (exact) mass is 326 g/mol. The first-order valence-corrected chi connectivity index (χ1v) is 9.21. The van der Waals surface area contributed by atoms with Crippen LogP contribution in [0.1, 0.15) is 76.9 Å². The van der Waals surface area contributed by atoms with Crippen molar-refractivity contribution < 1.29 is 0 Å². The third kappa shape index (κ3) is 3.03. The van der Waals surface area contributed by atoms with Gasteiger partial charge in [-0.25, -0.2) is 0 Å². The average molecular weight is 327 g/mol. The molecule has 24 heavy (non-hydrogen) atoms. The lowest BCUT2D eigenvalue weighted by Crippen LogP contribution is -2.33. The van der Waals surface area contributed by atoms with Crippen molar-refractivity contribution in [1.82, 2.24) is 4.98 Å². The molecule has 0 saturated heterocycles. The zero-order chi connectivity index (χ0) is 18.3. The number of likely N-dealkylation sites (N-methyl/N-ethyl adjacent to an activating group) is 1. The number of hydrogen-bond acceptors (Lipinski definition) is 2. The van der Waals surface area contributed by atoms with Crippen molar-refractivity contribution in [2.24, 2.45) is 5.92 Å². The standard InChI is InChI=1S/C22H34N2/c1-12(2)19-11-14(5)15(6)18(9)24(10)22-16(7)17(8)23-21(13(3)4)20(19)22/h11-13,18H,1-10H3/b15-14-,19-11-/t18-/m1/s1. The molecule has 2 nitrogen and oxygen atoms in total. The number of aromatic nitrogens is 1. The topological polar surface area (TPSA) is 16.1 Å². The SMILES string of the molecule is CC1=C(\C)[C@@H](C)N(C)c2c(C)c(C)nc(C(C)C)c2/C(C(C)C)=C\1. The lowest BCUT2D eigenvalue weighted by Gasteiger charge is -2.36. The highest BCUT2D eigenvalue weighted by Crippen LogP contribution is 2.42. The fourth-order valence-electron chi connectivity index (χ4n) is 3.63. The second-order valence-corrected chi connectivity index (χ2v) is 7.99. The first-order valence-electron chi connectivity index (χ1n) is 9.21. The van der Waals surface area contributed by atoms with Gasteiger partial charge in [-0.2, -0.15) is 0 Å². The summed E-state index contributed by atoms with van der Waals surface area (Å²) in [5, 5.41) is 0. The molecule has 2 rings (SSSR count). The van der Waals surface area contributed by atoms with E-state index >= 15 is 0 Å². The van der Waals surface area contributed by atoms with Crippen LogP contribution >= 0.6 is 0 Å². The molecule has 1 aliphatic rings. The minimum atomic E-state index is 0.384. The quantitative estimate of drug-likeness (QED) is 0.659. The number of rotatable bonds is 2. The molecule has 0 fully saturated rings. The lowest BCUT2D eigenvalue weighted by atomic mass is 9.84. The van der Waals surface area contributed by atoms with Gasteiger partial charge in [0.1, 0.15) is 0 Å². The van der Waals surface area contributed by atoms with E-state index in [9.17, 15) is 0 Å². The molecule has 132 valence electrons. The van der Waals surface area contributed by atoms with Gasteiger partial charge in [-0.15, -0.1) is 0 Å². The van der Waals surface area contributed by atoms with Crippen LogP contribution < -0.4 is 4.90 Å². The number of allylic oxidation sites excluding steroid dienone is 3. The predicted molar refractivity (Wildman–Crippen MR) is 107 cm³/mol. The predicted octanol–water partition coefficient (Wildman–Crippen LogP) is 6.04. The van der Waals surface area contributed by atoms with E-state index in [4.69, 9.17) is 4.98 Å². The van der Waals surface area contributed by atoms with Gasteiger partial charge >= 0.3 is 0 Å². The summed E-state index contributed by atoms with van der Waals surface area (Å²) < 4.78 is 0. The summed E-state index contributed by atoms with van der Waals surface area (Å²) in [4.78, 5) is 7.47. The molecule has 0 aromatic carbocycles. The first-order chi connectivity index (χ1) is 11.1. The summed E-state index contributed by atoms with van der Waals surface area (Å²) in [7, 11) is 2.24. The van der Waals surface area contributed by atoms with Gasteiger partial charge < -0.3 is 4.90 Å². The van der Waals surface area contributed by atoms with E-state index in [1.54, 1.807) is 0 Å². The van der Waals surface area contributed by atoms with Crippen LogP contribution in [0.2, 0.25) is 0 Å². The van der Waals surface area contributed by atoms with Crippen LogP contribution in [0, 0.1) is 19.8 Å². The maximum Gasteiger partial charge on any atom is 0.0528 e. The molecule has 0 unspecified atom stereocenters. The van der Waals surface area contributed by atoms with Crippen molar-refractivity contribution in [3.05, 3.63) is 39.7 Å². The van der Waals surface area contributed by atoms with Gasteiger partial charge in [-0.3, -0.25) is 4.98 Å². The van der Waals surface area contributed by atoms with E-state index < -0.39 is 0 Å². The zero-order valence-electron chi connectivity index (χ0n) is 17.2. The minimum absolute atomic E-state index is 0.384. The normalized spacial score (nSPS) is 23.9. The maximum absolute atomic E-state index is 5.01. The Labute approximate surface area is 148 Å². The molecule has 1 aromatic rings. The highest BCUT2D eigenvalue weighted by atomic mass is 15.1. The molecule has 1 atom stereocenters. The van der Waals surface area contributed by atoms with Crippen molar-refractivity contribution >= 4 is 11.3 Å². The van der Waals surface area contributed by atoms with Crippen molar-refractivity contribution in [1.29, 1.82) is 0 Å². The summed E-state index contributed by atoms with van der Waals surface area (Å²) in [6.07, 6.45) is 2.41. The number of anilines is 1. The number of pyridine rings is 1.